The number of aliphatic carboxylic acids is 1. The summed E-state index contributed by atoms with van der Waals surface area (Å²) in [5.41, 5.74) is 0.945. The van der Waals surface area contributed by atoms with Crippen LogP contribution in [0.4, 0.5) is 88.6 Å². The first kappa shape index (κ1) is 84.5. The monoisotopic (exact) mass is 1600 g/mol. The van der Waals surface area contributed by atoms with Crippen molar-refractivity contribution in [3.8, 4) is 28.0 Å². The Morgan fingerprint density at radius 3 is 1.28 bits per heavy atom. The highest BCUT2D eigenvalue weighted by Gasteiger charge is 2.37. The molecule has 0 atom stereocenters. The van der Waals surface area contributed by atoms with Crippen molar-refractivity contribution in [3.63, 3.8) is 0 Å². The molecule has 0 saturated heterocycles. The number of anilines is 1. The molecule has 100 heavy (non-hydrogen) atoms. The summed E-state index contributed by atoms with van der Waals surface area (Å²) in [6.45, 7) is 29.5. The van der Waals surface area contributed by atoms with E-state index in [-0.39, 0.29) is 52.6 Å². The van der Waals surface area contributed by atoms with Crippen molar-refractivity contribution in [2.24, 2.45) is 0 Å². The van der Waals surface area contributed by atoms with Crippen molar-refractivity contribution in [1.82, 2.24) is 30.2 Å². The van der Waals surface area contributed by atoms with Gasteiger partial charge in [-0.3, -0.25) is 29.3 Å². The Kier molecular flexibility index (Phi) is 31.2. The molecule has 6 N–H and O–H groups in total. The van der Waals surface area contributed by atoms with Crippen LogP contribution in [0.5, 0.6) is 5.75 Å². The standard InChI is InChI=1S/C22H16F5N3O.C13H11BrF3NO.C9H6F2N2.C8H5F3N2.C6H5BFO2.C4H7BrO2.C3H2BrFN2/c1-21(2,30-12-16(20(24)29-30)14-5-7-15(23)8-6-14)19(31)11-13-4-9-18(28-3)17(10-13)22(25,26)27;1-12(2,14)11(19)7-8-4-5-10(18-3)9(6-8)13(15,16)17;10-7-3-1-6(2-4-7)8-5-12-13-9(8)11;1-13-7-3-2-5(12)4-6(7)8(9,10)11;8-5-1-3-6(4-2-5)10-7-9;1-4(2,5)3(6)7;4-2-1-6-7-3(2)5/h4-10,12H,11H2,1-2H3;4-6H,7H2,1-2H3;1-5H,(H,12,13);2-4H,12H2;1-4,9H;1-2H3,(H,6,7);1H,(H,6,7). The molecular formula is C65H52BBr3F15N10O6. The molecule has 9 rings (SSSR count). The maximum Gasteiger partial charge on any atom is 0.569 e. The summed E-state index contributed by atoms with van der Waals surface area (Å²) < 4.78 is 196. The van der Waals surface area contributed by atoms with Gasteiger partial charge in [-0.05, 0) is 140 Å². The lowest BCUT2D eigenvalue weighted by Gasteiger charge is -2.24. The lowest BCUT2D eigenvalue weighted by Crippen LogP contribution is -2.37. The van der Waals surface area contributed by atoms with Gasteiger partial charge in [0.05, 0.1) is 68.7 Å². The van der Waals surface area contributed by atoms with Crippen molar-refractivity contribution in [2.75, 3.05) is 5.73 Å². The zero-order valence-electron chi connectivity index (χ0n) is 52.4. The van der Waals surface area contributed by atoms with Crippen molar-refractivity contribution in [3.05, 3.63) is 248 Å². The minimum Gasteiger partial charge on any atom is -0.537 e. The fraction of sp³-hybridized carbons (Fsp3) is 0.215. The number of carboxylic acids is 1. The molecular weight excluding hydrogens is 1550 g/mol. The molecule has 0 saturated carbocycles. The Morgan fingerprint density at radius 2 is 0.940 bits per heavy atom. The van der Waals surface area contributed by atoms with Crippen LogP contribution in [0.3, 0.4) is 0 Å². The largest absolute Gasteiger partial charge is 0.569 e. The highest BCUT2D eigenvalue weighted by atomic mass is 79.9. The van der Waals surface area contributed by atoms with E-state index in [4.69, 9.17) is 35.6 Å². The Hall–Kier alpha value is -9.76. The second-order valence-electron chi connectivity index (χ2n) is 21.4. The number of aromatic amines is 2. The van der Waals surface area contributed by atoms with Crippen LogP contribution in [0.15, 0.2) is 150 Å². The first-order valence-electron chi connectivity index (χ1n) is 27.6. The second-order valence-corrected chi connectivity index (χ2v) is 26.2. The number of hydrogen-bond donors (Lipinski definition) is 5. The number of ketones is 2. The molecule has 9 aromatic rings. The third-order valence-electron chi connectivity index (χ3n) is 12.7. The number of benzene rings is 6. The minimum absolute atomic E-state index is 0.000255. The van der Waals surface area contributed by atoms with Crippen LogP contribution in [-0.4, -0.2) is 74.2 Å². The average Bonchev–Trinajstić information content (AvgIpc) is 1.55. The summed E-state index contributed by atoms with van der Waals surface area (Å²) in [7, 11) is 0.549. The maximum atomic E-state index is 14.4. The smallest absolute Gasteiger partial charge is 0.537 e. The summed E-state index contributed by atoms with van der Waals surface area (Å²) in [6.07, 6.45) is -10.3. The van der Waals surface area contributed by atoms with E-state index < -0.39 is 102 Å². The Bertz CT molecular complexity index is 4330. The average molecular weight is 1600 g/mol. The fourth-order valence-corrected chi connectivity index (χ4v) is 7.56. The molecule has 0 aliphatic heterocycles. The van der Waals surface area contributed by atoms with E-state index >= 15 is 0 Å². The molecule has 6 aromatic carbocycles. The van der Waals surface area contributed by atoms with Crippen molar-refractivity contribution in [2.45, 2.75) is 87.1 Å². The number of carbonyl (C=O) groups excluding carboxylic acids is 2. The van der Waals surface area contributed by atoms with Gasteiger partial charge < -0.3 is 20.5 Å². The molecule has 0 bridgehead atoms. The van der Waals surface area contributed by atoms with E-state index in [2.05, 4.69) is 92.5 Å². The zero-order chi connectivity index (χ0) is 75.9. The highest BCUT2D eigenvalue weighted by Crippen LogP contribution is 2.40. The van der Waals surface area contributed by atoms with Crippen LogP contribution < -0.4 is 10.4 Å². The molecule has 0 unspecified atom stereocenters. The van der Waals surface area contributed by atoms with E-state index in [1.807, 2.05) is 0 Å². The SMILES string of the molecule is CC(C)(Br)C(=O)O.Fc1[nH]ncc1Br.Fc1ccc(-c2cn[nH]c2F)cc1.O[B]Oc1ccc(F)cc1.[C-]#[N+]c1ccc(CC(=O)C(C)(C)Br)cc1C(F)(F)F.[C-]#[N+]c1ccc(CC(=O)C(C)(C)n2cc(-c3ccc(F)cc3)c(F)n2)cc1C(F)(F)F.[C-]#[N+]c1ccc(N)cc1C(F)(F)F. The van der Waals surface area contributed by atoms with Gasteiger partial charge in [-0.25, -0.2) is 27.7 Å². The summed E-state index contributed by atoms with van der Waals surface area (Å²) >= 11 is 9.01. The van der Waals surface area contributed by atoms with Gasteiger partial charge in [0.1, 0.15) is 33.1 Å². The minimum atomic E-state index is -4.73. The zero-order valence-corrected chi connectivity index (χ0v) is 57.1. The van der Waals surface area contributed by atoms with Crippen LogP contribution in [0.1, 0.15) is 69.4 Å². The number of aromatic nitrogens is 6. The maximum absolute atomic E-state index is 14.4. The molecule has 0 aliphatic rings. The Balaban J connectivity index is 0.000000325. The van der Waals surface area contributed by atoms with Gasteiger partial charge in [0.25, 0.3) is 0 Å². The van der Waals surface area contributed by atoms with E-state index in [1.54, 1.807) is 27.7 Å². The van der Waals surface area contributed by atoms with Crippen LogP contribution in [0, 0.1) is 55.0 Å². The molecule has 0 amide bonds. The first-order chi connectivity index (χ1) is 46.3. The molecule has 1 radical (unpaired) electrons. The summed E-state index contributed by atoms with van der Waals surface area (Å²) in [5, 5.41) is 31.3. The number of carbonyl (C=O) groups is 3. The van der Waals surface area contributed by atoms with Crippen molar-refractivity contribution < 1.29 is 95.0 Å². The van der Waals surface area contributed by atoms with E-state index in [9.17, 15) is 80.2 Å². The predicted octanol–water partition coefficient (Wildman–Crippen LogP) is 19.0. The normalized spacial score (nSPS) is 11.1. The van der Waals surface area contributed by atoms with Crippen LogP contribution in [0.2, 0.25) is 0 Å². The number of halogens is 18. The van der Waals surface area contributed by atoms with Gasteiger partial charge in [0.2, 0.25) is 17.8 Å². The molecule has 527 valence electrons. The van der Waals surface area contributed by atoms with E-state index in [1.165, 1.54) is 111 Å². The van der Waals surface area contributed by atoms with Gasteiger partial charge >= 0.3 is 32.2 Å². The van der Waals surface area contributed by atoms with Gasteiger partial charge in [0, 0.05) is 24.7 Å². The number of Topliss-reactive ketones (excluding diaryl/α,β-unsaturated/α-hetero) is 2. The molecule has 0 aliphatic carbocycles. The molecule has 0 spiro atoms. The summed E-state index contributed by atoms with van der Waals surface area (Å²) in [5.74, 6) is -4.13. The van der Waals surface area contributed by atoms with Gasteiger partial charge in [-0.2, -0.15) is 62.9 Å². The highest BCUT2D eigenvalue weighted by molar-refractivity contribution is 9.10. The van der Waals surface area contributed by atoms with Crippen molar-refractivity contribution >= 4 is 95.8 Å². The van der Waals surface area contributed by atoms with Crippen LogP contribution in [0.25, 0.3) is 36.8 Å². The van der Waals surface area contributed by atoms with Crippen LogP contribution >= 0.6 is 47.8 Å². The quantitative estimate of drug-likeness (QED) is 0.0256. The number of alkyl halides is 11. The molecule has 3 heterocycles. The number of hydrogen-bond acceptors (Lipinski definition) is 9. The van der Waals surface area contributed by atoms with Crippen molar-refractivity contribution in [1.29, 1.82) is 0 Å². The van der Waals surface area contributed by atoms with E-state index in [0.717, 1.165) is 53.2 Å². The Labute approximate surface area is 586 Å². The third-order valence-corrected chi connectivity index (χ3v) is 14.0. The van der Waals surface area contributed by atoms with Crippen LogP contribution in [-0.2, 0) is 51.3 Å². The number of nitrogens with two attached hydrogens (primary N) is 1. The van der Waals surface area contributed by atoms with Gasteiger partial charge in [-0.15, -0.1) is 5.10 Å². The third kappa shape index (κ3) is 26.8. The molecule has 16 nitrogen and oxygen atoms in total. The number of nitrogens with zero attached hydrogens (tertiary/aromatic N) is 7. The summed E-state index contributed by atoms with van der Waals surface area (Å²) in [6, 6.07) is 25.5. The van der Waals surface area contributed by atoms with Gasteiger partial charge in [0.15, 0.2) is 28.6 Å². The molecule has 3 aromatic heterocycles. The number of nitrogen functional groups attached to an aromatic ring is 1. The first-order valence-corrected chi connectivity index (χ1v) is 30.0. The van der Waals surface area contributed by atoms with Gasteiger partial charge in [-0.1, -0.05) is 98.6 Å². The number of nitrogens with one attached hydrogen (secondary N) is 2. The second kappa shape index (κ2) is 36.9. The number of H-pyrrole nitrogens is 2. The topological polar surface area (TPSA) is 215 Å². The Morgan fingerprint density at radius 1 is 0.560 bits per heavy atom. The number of rotatable bonds is 12. The predicted molar refractivity (Wildman–Crippen MR) is 351 cm³/mol. The molecule has 35 heteroatoms. The molecule has 0 fully saturated rings. The van der Waals surface area contributed by atoms with E-state index in [0.29, 0.717) is 34.6 Å². The fourth-order valence-electron chi connectivity index (χ4n) is 7.23. The summed E-state index contributed by atoms with van der Waals surface area (Å²) in [4.78, 5) is 43.1. The lowest BCUT2D eigenvalue weighted by molar-refractivity contribution is -0.139. The lowest BCUT2D eigenvalue weighted by atomic mass is 9.93. The number of carboxylic acid groups (broad SMARTS) is 1.